The van der Waals surface area contributed by atoms with Gasteiger partial charge in [0.2, 0.25) is 0 Å². The van der Waals surface area contributed by atoms with Crippen LogP contribution >= 0.6 is 0 Å². The summed E-state index contributed by atoms with van der Waals surface area (Å²) in [6, 6.07) is 8.28. The molecule has 1 unspecified atom stereocenters. The SMILES string of the molecule is CN(CCO)C(CN)c1ccc(OCCN2CCCC2)cc1. The number of nitrogens with two attached hydrogens (primary N) is 1. The van der Waals surface area contributed by atoms with Crippen LogP contribution in [0.5, 0.6) is 5.75 Å². The highest BCUT2D eigenvalue weighted by molar-refractivity contribution is 5.29. The first-order valence-electron chi connectivity index (χ1n) is 8.21. The van der Waals surface area contributed by atoms with Crippen molar-refractivity contribution in [3.63, 3.8) is 0 Å². The molecule has 0 radical (unpaired) electrons. The minimum Gasteiger partial charge on any atom is -0.492 e. The molecule has 1 aliphatic rings. The number of rotatable bonds is 9. The number of hydrogen-bond donors (Lipinski definition) is 2. The average molecular weight is 307 g/mol. The third-order valence-corrected chi connectivity index (χ3v) is 4.35. The van der Waals surface area contributed by atoms with Gasteiger partial charge in [0.25, 0.3) is 0 Å². The largest absolute Gasteiger partial charge is 0.492 e. The highest BCUT2D eigenvalue weighted by atomic mass is 16.5. The number of aliphatic hydroxyl groups excluding tert-OH is 1. The van der Waals surface area contributed by atoms with Crippen molar-refractivity contribution < 1.29 is 9.84 Å². The van der Waals surface area contributed by atoms with E-state index >= 15 is 0 Å². The standard InChI is InChI=1S/C17H29N3O2/c1-19(10-12-21)17(14-18)15-4-6-16(7-5-15)22-13-11-20-8-2-3-9-20/h4-7,17,21H,2-3,8-14,18H2,1H3. The Balaban J connectivity index is 1.83. The van der Waals surface area contributed by atoms with E-state index < -0.39 is 0 Å². The summed E-state index contributed by atoms with van der Waals surface area (Å²) in [5, 5.41) is 9.05. The molecule has 0 spiro atoms. The number of nitrogens with zero attached hydrogens (tertiary/aromatic N) is 2. The first-order valence-corrected chi connectivity index (χ1v) is 8.21. The van der Waals surface area contributed by atoms with Crippen molar-refractivity contribution >= 4 is 0 Å². The van der Waals surface area contributed by atoms with Crippen molar-refractivity contribution in [2.24, 2.45) is 5.73 Å². The van der Waals surface area contributed by atoms with Gasteiger partial charge >= 0.3 is 0 Å². The Kier molecular flexibility index (Phi) is 7.12. The van der Waals surface area contributed by atoms with Crippen LogP contribution in [0, 0.1) is 0 Å². The molecule has 5 heteroatoms. The smallest absolute Gasteiger partial charge is 0.119 e. The van der Waals surface area contributed by atoms with Crippen LogP contribution in [0.3, 0.4) is 0 Å². The summed E-state index contributed by atoms with van der Waals surface area (Å²) >= 11 is 0. The zero-order valence-electron chi connectivity index (χ0n) is 13.6. The first-order chi connectivity index (χ1) is 10.7. The Hall–Kier alpha value is -1.14. The second-order valence-corrected chi connectivity index (χ2v) is 5.92. The van der Waals surface area contributed by atoms with E-state index in [2.05, 4.69) is 21.9 Å². The first kappa shape index (κ1) is 17.2. The number of aliphatic hydroxyl groups is 1. The Morgan fingerprint density at radius 3 is 2.55 bits per heavy atom. The van der Waals surface area contributed by atoms with Gasteiger partial charge in [-0.1, -0.05) is 12.1 Å². The van der Waals surface area contributed by atoms with Crippen LogP contribution in [0.1, 0.15) is 24.4 Å². The third-order valence-electron chi connectivity index (χ3n) is 4.35. The second-order valence-electron chi connectivity index (χ2n) is 5.92. The quantitative estimate of drug-likeness (QED) is 0.715. The van der Waals surface area contributed by atoms with E-state index in [4.69, 9.17) is 15.6 Å². The highest BCUT2D eigenvalue weighted by Crippen LogP contribution is 2.21. The molecule has 1 fully saturated rings. The molecule has 0 bridgehead atoms. The Morgan fingerprint density at radius 2 is 1.95 bits per heavy atom. The fourth-order valence-electron chi connectivity index (χ4n) is 2.97. The van der Waals surface area contributed by atoms with E-state index in [1.165, 1.54) is 25.9 Å². The van der Waals surface area contributed by atoms with E-state index in [0.29, 0.717) is 13.1 Å². The van der Waals surface area contributed by atoms with Gasteiger partial charge in [-0.2, -0.15) is 0 Å². The van der Waals surface area contributed by atoms with Gasteiger partial charge in [-0.15, -0.1) is 0 Å². The number of ether oxygens (including phenoxy) is 1. The summed E-state index contributed by atoms with van der Waals surface area (Å²) in [7, 11) is 1.98. The van der Waals surface area contributed by atoms with Crippen molar-refractivity contribution in [1.82, 2.24) is 9.80 Å². The molecule has 0 aromatic heterocycles. The number of likely N-dealkylation sites (N-methyl/N-ethyl adjacent to an activating group) is 1. The van der Waals surface area contributed by atoms with Crippen LogP contribution in [-0.2, 0) is 0 Å². The number of benzene rings is 1. The summed E-state index contributed by atoms with van der Waals surface area (Å²) in [4.78, 5) is 4.52. The predicted octanol–water partition coefficient (Wildman–Crippen LogP) is 1.09. The van der Waals surface area contributed by atoms with Gasteiger partial charge < -0.3 is 15.6 Å². The minimum atomic E-state index is 0.130. The minimum absolute atomic E-state index is 0.130. The van der Waals surface area contributed by atoms with Gasteiger partial charge in [0, 0.05) is 25.7 Å². The molecule has 0 amide bonds. The fraction of sp³-hybridized carbons (Fsp3) is 0.647. The van der Waals surface area contributed by atoms with Crippen LogP contribution in [0.15, 0.2) is 24.3 Å². The van der Waals surface area contributed by atoms with Gasteiger partial charge in [0.1, 0.15) is 12.4 Å². The van der Waals surface area contributed by atoms with Crippen molar-refractivity contribution in [3.8, 4) is 5.75 Å². The lowest BCUT2D eigenvalue weighted by Crippen LogP contribution is -2.32. The molecule has 22 heavy (non-hydrogen) atoms. The lowest BCUT2D eigenvalue weighted by Gasteiger charge is -2.26. The van der Waals surface area contributed by atoms with E-state index in [9.17, 15) is 0 Å². The van der Waals surface area contributed by atoms with Crippen LogP contribution in [0.25, 0.3) is 0 Å². The lowest BCUT2D eigenvalue weighted by molar-refractivity contribution is 0.183. The van der Waals surface area contributed by atoms with E-state index in [1.807, 2.05) is 19.2 Å². The van der Waals surface area contributed by atoms with Crippen LogP contribution in [0.4, 0.5) is 0 Å². The summed E-state index contributed by atoms with van der Waals surface area (Å²) in [5.41, 5.74) is 7.02. The second kappa shape index (κ2) is 9.10. The maximum Gasteiger partial charge on any atom is 0.119 e. The summed E-state index contributed by atoms with van der Waals surface area (Å²) < 4.78 is 5.82. The fourth-order valence-corrected chi connectivity index (χ4v) is 2.97. The maximum absolute atomic E-state index is 9.05. The van der Waals surface area contributed by atoms with Crippen LogP contribution < -0.4 is 10.5 Å². The molecule has 124 valence electrons. The van der Waals surface area contributed by atoms with Gasteiger partial charge in [-0.3, -0.25) is 9.80 Å². The zero-order valence-corrected chi connectivity index (χ0v) is 13.6. The van der Waals surface area contributed by atoms with E-state index in [1.54, 1.807) is 0 Å². The normalized spacial score (nSPS) is 17.1. The van der Waals surface area contributed by atoms with Crippen LogP contribution in [0.2, 0.25) is 0 Å². The van der Waals surface area contributed by atoms with Crippen molar-refractivity contribution in [1.29, 1.82) is 0 Å². The molecule has 1 aromatic rings. The summed E-state index contributed by atoms with van der Waals surface area (Å²) in [6.45, 7) is 5.46. The van der Waals surface area contributed by atoms with Crippen molar-refractivity contribution in [2.75, 3.05) is 53.0 Å². The molecule has 1 heterocycles. The molecule has 3 N–H and O–H groups in total. The highest BCUT2D eigenvalue weighted by Gasteiger charge is 2.15. The van der Waals surface area contributed by atoms with Crippen LogP contribution in [-0.4, -0.2) is 67.9 Å². The van der Waals surface area contributed by atoms with Gasteiger partial charge in [-0.05, 0) is 50.7 Å². The molecular formula is C17H29N3O2. The third kappa shape index (κ3) is 4.95. The predicted molar refractivity (Wildman–Crippen MR) is 89.1 cm³/mol. The van der Waals surface area contributed by atoms with Crippen molar-refractivity contribution in [3.05, 3.63) is 29.8 Å². The molecule has 0 saturated carbocycles. The molecular weight excluding hydrogens is 278 g/mol. The zero-order chi connectivity index (χ0) is 15.8. The molecule has 5 nitrogen and oxygen atoms in total. The molecule has 1 aromatic carbocycles. The van der Waals surface area contributed by atoms with Crippen molar-refractivity contribution in [2.45, 2.75) is 18.9 Å². The maximum atomic E-state index is 9.05. The summed E-state index contributed by atoms with van der Waals surface area (Å²) in [6.07, 6.45) is 2.63. The molecule has 0 aliphatic carbocycles. The molecule has 1 atom stereocenters. The number of hydrogen-bond acceptors (Lipinski definition) is 5. The Bertz CT molecular complexity index is 418. The van der Waals surface area contributed by atoms with Gasteiger partial charge in [0.15, 0.2) is 0 Å². The average Bonchev–Trinajstić information content (AvgIpc) is 3.03. The van der Waals surface area contributed by atoms with Gasteiger partial charge in [0.05, 0.1) is 6.61 Å². The Labute approximate surface area is 133 Å². The van der Waals surface area contributed by atoms with E-state index in [-0.39, 0.29) is 12.6 Å². The molecule has 1 aliphatic heterocycles. The Morgan fingerprint density at radius 1 is 1.27 bits per heavy atom. The van der Waals surface area contributed by atoms with E-state index in [0.717, 1.165) is 24.5 Å². The lowest BCUT2D eigenvalue weighted by atomic mass is 10.1. The summed E-state index contributed by atoms with van der Waals surface area (Å²) in [5.74, 6) is 0.906. The molecule has 1 saturated heterocycles. The monoisotopic (exact) mass is 307 g/mol. The molecule has 2 rings (SSSR count). The number of likely N-dealkylation sites (tertiary alicyclic amines) is 1. The van der Waals surface area contributed by atoms with Gasteiger partial charge in [-0.25, -0.2) is 0 Å². The topological polar surface area (TPSA) is 62.0 Å².